The minimum atomic E-state index is 0.289. The molecule has 0 aromatic heterocycles. The van der Waals surface area contributed by atoms with Crippen molar-refractivity contribution in [1.29, 1.82) is 0 Å². The smallest absolute Gasteiger partial charge is 0.0826 e. The van der Waals surface area contributed by atoms with E-state index in [1.54, 1.807) is 0 Å². The van der Waals surface area contributed by atoms with E-state index in [2.05, 4.69) is 30.1 Å². The topological polar surface area (TPSA) is 24.5 Å². The Hall–Kier alpha value is -0.610. The molecular weight excluding hydrogens is 272 g/mol. The Morgan fingerprint density at radius 2 is 2.30 bits per heavy atom. The quantitative estimate of drug-likeness (QED) is 0.873. The van der Waals surface area contributed by atoms with Crippen LogP contribution in [0.1, 0.15) is 31.9 Å². The number of likely N-dealkylation sites (N-methyl/N-ethyl adjacent to an activating group) is 1. The van der Waals surface area contributed by atoms with Crippen LogP contribution in [0.15, 0.2) is 24.3 Å². The molecule has 4 heteroatoms. The van der Waals surface area contributed by atoms with E-state index in [0.29, 0.717) is 6.04 Å². The monoisotopic (exact) mass is 296 g/mol. The Labute approximate surface area is 127 Å². The van der Waals surface area contributed by atoms with Crippen LogP contribution in [0, 0.1) is 0 Å². The molecule has 112 valence electrons. The molecule has 0 aliphatic carbocycles. The van der Waals surface area contributed by atoms with Crippen molar-refractivity contribution in [3.63, 3.8) is 0 Å². The van der Waals surface area contributed by atoms with Gasteiger partial charge in [-0.25, -0.2) is 0 Å². The highest BCUT2D eigenvalue weighted by Gasteiger charge is 2.20. The van der Waals surface area contributed by atoms with Crippen LogP contribution in [0.25, 0.3) is 0 Å². The lowest BCUT2D eigenvalue weighted by atomic mass is 10.0. The Morgan fingerprint density at radius 1 is 1.45 bits per heavy atom. The maximum Gasteiger partial charge on any atom is 0.0826 e. The SMILES string of the molecule is CCC(NCC1CN(CC)CCO1)c1cccc(Cl)c1. The second kappa shape index (κ2) is 7.99. The van der Waals surface area contributed by atoms with Crippen LogP contribution < -0.4 is 5.32 Å². The van der Waals surface area contributed by atoms with E-state index in [0.717, 1.165) is 44.2 Å². The first kappa shape index (κ1) is 15.8. The molecule has 1 saturated heterocycles. The van der Waals surface area contributed by atoms with Crippen molar-refractivity contribution in [3.8, 4) is 0 Å². The van der Waals surface area contributed by atoms with Crippen molar-refractivity contribution in [3.05, 3.63) is 34.9 Å². The van der Waals surface area contributed by atoms with E-state index in [9.17, 15) is 0 Å². The molecule has 0 amide bonds. The number of benzene rings is 1. The minimum absolute atomic E-state index is 0.289. The molecule has 2 unspecified atom stereocenters. The van der Waals surface area contributed by atoms with Crippen LogP contribution in [0.3, 0.4) is 0 Å². The van der Waals surface area contributed by atoms with Crippen molar-refractivity contribution >= 4 is 11.6 Å². The van der Waals surface area contributed by atoms with Crippen molar-refractivity contribution in [2.45, 2.75) is 32.4 Å². The second-order valence-corrected chi connectivity index (χ2v) is 5.75. The number of rotatable bonds is 6. The number of nitrogens with zero attached hydrogens (tertiary/aromatic N) is 1. The van der Waals surface area contributed by atoms with E-state index < -0.39 is 0 Å². The molecule has 2 rings (SSSR count). The molecule has 1 fully saturated rings. The molecular formula is C16H25ClN2O. The molecule has 1 aliphatic rings. The molecule has 1 aliphatic heterocycles. The third kappa shape index (κ3) is 4.45. The third-order valence-electron chi connectivity index (χ3n) is 3.92. The fourth-order valence-electron chi connectivity index (χ4n) is 2.69. The highest BCUT2D eigenvalue weighted by atomic mass is 35.5. The summed E-state index contributed by atoms with van der Waals surface area (Å²) in [4.78, 5) is 2.44. The molecule has 0 spiro atoms. The molecule has 1 aromatic carbocycles. The Bertz CT molecular complexity index is 413. The Morgan fingerprint density at radius 3 is 3.00 bits per heavy atom. The minimum Gasteiger partial charge on any atom is -0.374 e. The van der Waals surface area contributed by atoms with Gasteiger partial charge in [0, 0.05) is 30.7 Å². The zero-order valence-corrected chi connectivity index (χ0v) is 13.2. The van der Waals surface area contributed by atoms with E-state index in [-0.39, 0.29) is 6.10 Å². The lowest BCUT2D eigenvalue weighted by molar-refractivity contribution is -0.0264. The number of hydrogen-bond donors (Lipinski definition) is 1. The molecule has 0 radical (unpaired) electrons. The second-order valence-electron chi connectivity index (χ2n) is 5.31. The van der Waals surface area contributed by atoms with Crippen molar-refractivity contribution in [2.24, 2.45) is 0 Å². The standard InChI is InChI=1S/C16H25ClN2O/c1-3-16(13-6-5-7-14(17)10-13)18-11-15-12-19(4-2)8-9-20-15/h5-7,10,15-16,18H,3-4,8-9,11-12H2,1-2H3. The van der Waals surface area contributed by atoms with Crippen LogP contribution in [-0.4, -0.2) is 43.8 Å². The summed E-state index contributed by atoms with van der Waals surface area (Å²) in [5, 5.41) is 4.42. The Kier molecular flexibility index (Phi) is 6.30. The van der Waals surface area contributed by atoms with Crippen LogP contribution in [0.2, 0.25) is 5.02 Å². The zero-order chi connectivity index (χ0) is 14.4. The molecule has 3 nitrogen and oxygen atoms in total. The lowest BCUT2D eigenvalue weighted by Gasteiger charge is -2.33. The molecule has 0 bridgehead atoms. The molecule has 0 saturated carbocycles. The first-order chi connectivity index (χ1) is 9.72. The first-order valence-corrected chi connectivity index (χ1v) is 7.93. The summed E-state index contributed by atoms with van der Waals surface area (Å²) in [7, 11) is 0. The summed E-state index contributed by atoms with van der Waals surface area (Å²) < 4.78 is 5.83. The van der Waals surface area contributed by atoms with Gasteiger partial charge < -0.3 is 10.1 Å². The third-order valence-corrected chi connectivity index (χ3v) is 4.16. The molecule has 2 atom stereocenters. The fourth-order valence-corrected chi connectivity index (χ4v) is 2.88. The van der Waals surface area contributed by atoms with Gasteiger partial charge in [-0.05, 0) is 30.7 Å². The van der Waals surface area contributed by atoms with Crippen molar-refractivity contribution in [2.75, 3.05) is 32.8 Å². The average molecular weight is 297 g/mol. The first-order valence-electron chi connectivity index (χ1n) is 7.55. The molecule has 1 N–H and O–H groups in total. The summed E-state index contributed by atoms with van der Waals surface area (Å²) in [5.41, 5.74) is 1.25. The van der Waals surface area contributed by atoms with Crippen molar-refractivity contribution in [1.82, 2.24) is 10.2 Å². The van der Waals surface area contributed by atoms with Gasteiger partial charge in [0.25, 0.3) is 0 Å². The zero-order valence-electron chi connectivity index (χ0n) is 12.4. The van der Waals surface area contributed by atoms with E-state index in [4.69, 9.17) is 16.3 Å². The van der Waals surface area contributed by atoms with E-state index in [1.807, 2.05) is 18.2 Å². The summed E-state index contributed by atoms with van der Waals surface area (Å²) in [6, 6.07) is 8.45. The van der Waals surface area contributed by atoms with Gasteiger partial charge in [-0.3, -0.25) is 4.90 Å². The van der Waals surface area contributed by atoms with Crippen LogP contribution in [0.4, 0.5) is 0 Å². The van der Waals surface area contributed by atoms with Gasteiger partial charge in [0.05, 0.1) is 12.7 Å². The summed E-state index contributed by atoms with van der Waals surface area (Å²) in [6.07, 6.45) is 1.34. The molecule has 1 aromatic rings. The number of nitrogens with one attached hydrogen (secondary N) is 1. The largest absolute Gasteiger partial charge is 0.374 e. The van der Waals surface area contributed by atoms with Gasteiger partial charge >= 0.3 is 0 Å². The highest BCUT2D eigenvalue weighted by molar-refractivity contribution is 6.30. The Balaban J connectivity index is 1.87. The number of ether oxygens (including phenoxy) is 1. The maximum absolute atomic E-state index is 6.07. The van der Waals surface area contributed by atoms with Gasteiger partial charge in [0.2, 0.25) is 0 Å². The molecule has 20 heavy (non-hydrogen) atoms. The lowest BCUT2D eigenvalue weighted by Crippen LogP contribution is -2.46. The number of halogens is 1. The number of hydrogen-bond acceptors (Lipinski definition) is 3. The van der Waals surface area contributed by atoms with E-state index in [1.165, 1.54) is 5.56 Å². The summed E-state index contributed by atoms with van der Waals surface area (Å²) in [5.74, 6) is 0. The predicted molar refractivity (Wildman–Crippen MR) is 84.3 cm³/mol. The maximum atomic E-state index is 6.07. The number of morpholine rings is 1. The van der Waals surface area contributed by atoms with Crippen LogP contribution in [-0.2, 0) is 4.74 Å². The summed E-state index contributed by atoms with van der Waals surface area (Å²) >= 11 is 6.07. The van der Waals surface area contributed by atoms with Gasteiger partial charge in [0.15, 0.2) is 0 Å². The normalized spacial score (nSPS) is 21.9. The predicted octanol–water partition coefficient (Wildman–Crippen LogP) is 3.10. The van der Waals surface area contributed by atoms with Gasteiger partial charge in [-0.15, -0.1) is 0 Å². The van der Waals surface area contributed by atoms with Gasteiger partial charge in [0.1, 0.15) is 0 Å². The average Bonchev–Trinajstić information content (AvgIpc) is 2.48. The van der Waals surface area contributed by atoms with Gasteiger partial charge in [-0.1, -0.05) is 37.6 Å². The fraction of sp³-hybridized carbons (Fsp3) is 0.625. The van der Waals surface area contributed by atoms with E-state index >= 15 is 0 Å². The molecule has 1 heterocycles. The van der Waals surface area contributed by atoms with Crippen LogP contribution >= 0.6 is 11.6 Å². The van der Waals surface area contributed by atoms with Gasteiger partial charge in [-0.2, -0.15) is 0 Å². The van der Waals surface area contributed by atoms with Crippen molar-refractivity contribution < 1.29 is 4.74 Å². The highest BCUT2D eigenvalue weighted by Crippen LogP contribution is 2.20. The van der Waals surface area contributed by atoms with Crippen LogP contribution in [0.5, 0.6) is 0 Å². The summed E-state index contributed by atoms with van der Waals surface area (Å²) in [6.45, 7) is 9.31.